The van der Waals surface area contributed by atoms with E-state index in [1.54, 1.807) is 0 Å². The quantitative estimate of drug-likeness (QED) is 0.634. The Morgan fingerprint density at radius 1 is 1.26 bits per heavy atom. The van der Waals surface area contributed by atoms with Gasteiger partial charge in [0.25, 0.3) is 6.43 Å². The SMILES string of the molecule is CCNC(=NCc1coc(-c2ccc(C)cc2)n1)NCC(F)F. The first kappa shape index (κ1) is 16.9. The van der Waals surface area contributed by atoms with Gasteiger partial charge in [-0.05, 0) is 26.0 Å². The number of halogens is 2. The standard InChI is InChI=1S/C16H20F2N4O/c1-3-19-16(21-9-14(17)18)20-8-13-10-23-15(22-13)12-6-4-11(2)5-7-12/h4-7,10,14H,3,8-9H2,1-2H3,(H2,19,20,21). The van der Waals surface area contributed by atoms with Crippen molar-refractivity contribution in [1.29, 1.82) is 0 Å². The summed E-state index contributed by atoms with van der Waals surface area (Å²) in [6.07, 6.45) is -0.908. The maximum absolute atomic E-state index is 12.2. The Morgan fingerprint density at radius 2 is 2.00 bits per heavy atom. The molecule has 1 aromatic carbocycles. The molecule has 0 unspecified atom stereocenters. The number of aromatic nitrogens is 1. The highest BCUT2D eigenvalue weighted by Crippen LogP contribution is 2.19. The van der Waals surface area contributed by atoms with Crippen LogP contribution in [-0.2, 0) is 6.54 Å². The maximum atomic E-state index is 12.2. The van der Waals surface area contributed by atoms with E-state index in [4.69, 9.17) is 4.42 Å². The van der Waals surface area contributed by atoms with Crippen molar-refractivity contribution in [3.63, 3.8) is 0 Å². The molecule has 0 fully saturated rings. The van der Waals surface area contributed by atoms with Crippen molar-refractivity contribution >= 4 is 5.96 Å². The molecule has 2 rings (SSSR count). The highest BCUT2D eigenvalue weighted by Gasteiger charge is 2.07. The van der Waals surface area contributed by atoms with E-state index in [0.29, 0.717) is 24.1 Å². The number of alkyl halides is 2. The van der Waals surface area contributed by atoms with Gasteiger partial charge in [0, 0.05) is 12.1 Å². The molecule has 124 valence electrons. The summed E-state index contributed by atoms with van der Waals surface area (Å²) in [5.74, 6) is 0.841. The van der Waals surface area contributed by atoms with Gasteiger partial charge >= 0.3 is 0 Å². The molecular formula is C16H20F2N4O. The van der Waals surface area contributed by atoms with Crippen molar-refractivity contribution in [2.75, 3.05) is 13.1 Å². The lowest BCUT2D eigenvalue weighted by Gasteiger charge is -2.09. The fourth-order valence-electron chi connectivity index (χ4n) is 1.88. The molecule has 0 radical (unpaired) electrons. The van der Waals surface area contributed by atoms with Gasteiger partial charge in [-0.15, -0.1) is 0 Å². The normalized spacial score (nSPS) is 11.8. The molecule has 1 aromatic heterocycles. The molecule has 1 heterocycles. The summed E-state index contributed by atoms with van der Waals surface area (Å²) in [5.41, 5.74) is 2.67. The molecule has 0 atom stereocenters. The number of hydrogen-bond acceptors (Lipinski definition) is 3. The van der Waals surface area contributed by atoms with Crippen LogP contribution in [0.2, 0.25) is 0 Å². The molecule has 2 aromatic rings. The number of nitrogens with one attached hydrogen (secondary N) is 2. The largest absolute Gasteiger partial charge is 0.444 e. The van der Waals surface area contributed by atoms with E-state index in [1.807, 2.05) is 38.1 Å². The molecule has 0 aliphatic carbocycles. The first-order valence-corrected chi connectivity index (χ1v) is 7.40. The average Bonchev–Trinajstić information content (AvgIpc) is 2.99. The minimum absolute atomic E-state index is 0.244. The topological polar surface area (TPSA) is 62.5 Å². The van der Waals surface area contributed by atoms with E-state index in [1.165, 1.54) is 6.26 Å². The van der Waals surface area contributed by atoms with Crippen molar-refractivity contribution in [3.8, 4) is 11.5 Å². The minimum atomic E-state index is -2.43. The number of aliphatic imine (C=N–C) groups is 1. The van der Waals surface area contributed by atoms with E-state index in [-0.39, 0.29) is 6.54 Å². The Morgan fingerprint density at radius 3 is 2.65 bits per heavy atom. The van der Waals surface area contributed by atoms with Crippen molar-refractivity contribution in [1.82, 2.24) is 15.6 Å². The number of nitrogens with zero attached hydrogens (tertiary/aromatic N) is 2. The molecule has 0 aliphatic heterocycles. The smallest absolute Gasteiger partial charge is 0.255 e. The van der Waals surface area contributed by atoms with E-state index in [2.05, 4.69) is 20.6 Å². The summed E-state index contributed by atoms with van der Waals surface area (Å²) in [7, 11) is 0. The number of aryl methyl sites for hydroxylation is 1. The molecule has 0 aliphatic rings. The summed E-state index contributed by atoms with van der Waals surface area (Å²) in [6, 6.07) is 7.83. The van der Waals surface area contributed by atoms with Crippen molar-refractivity contribution < 1.29 is 13.2 Å². The summed E-state index contributed by atoms with van der Waals surface area (Å²) in [5, 5.41) is 5.47. The Labute approximate surface area is 133 Å². The Hall–Kier alpha value is -2.44. The molecule has 0 bridgehead atoms. The van der Waals surface area contributed by atoms with Gasteiger partial charge in [0.1, 0.15) is 12.0 Å². The van der Waals surface area contributed by atoms with Gasteiger partial charge in [-0.3, -0.25) is 0 Å². The monoisotopic (exact) mass is 322 g/mol. The lowest BCUT2D eigenvalue weighted by atomic mass is 10.1. The average molecular weight is 322 g/mol. The van der Waals surface area contributed by atoms with Crippen LogP contribution in [0.25, 0.3) is 11.5 Å². The molecule has 23 heavy (non-hydrogen) atoms. The van der Waals surface area contributed by atoms with Crippen LogP contribution in [0.5, 0.6) is 0 Å². The fourth-order valence-corrected chi connectivity index (χ4v) is 1.88. The number of rotatable bonds is 6. The summed E-state index contributed by atoms with van der Waals surface area (Å²) >= 11 is 0. The van der Waals surface area contributed by atoms with Gasteiger partial charge in [0.05, 0.1) is 13.1 Å². The minimum Gasteiger partial charge on any atom is -0.444 e. The van der Waals surface area contributed by atoms with E-state index >= 15 is 0 Å². The molecule has 0 saturated carbocycles. The lowest BCUT2D eigenvalue weighted by molar-refractivity contribution is 0.152. The fraction of sp³-hybridized carbons (Fsp3) is 0.375. The predicted octanol–water partition coefficient (Wildman–Crippen LogP) is 2.97. The van der Waals surface area contributed by atoms with Gasteiger partial charge in [-0.25, -0.2) is 18.8 Å². The molecule has 5 nitrogen and oxygen atoms in total. The highest BCUT2D eigenvalue weighted by atomic mass is 19.3. The van der Waals surface area contributed by atoms with Gasteiger partial charge in [-0.2, -0.15) is 0 Å². The summed E-state index contributed by atoms with van der Waals surface area (Å²) in [4.78, 5) is 8.58. The Balaban J connectivity index is 2.01. The third-order valence-electron chi connectivity index (χ3n) is 3.02. The van der Waals surface area contributed by atoms with E-state index in [9.17, 15) is 8.78 Å². The van der Waals surface area contributed by atoms with Gasteiger partial charge in [0.15, 0.2) is 5.96 Å². The van der Waals surface area contributed by atoms with Gasteiger partial charge < -0.3 is 15.1 Å². The van der Waals surface area contributed by atoms with Crippen LogP contribution >= 0.6 is 0 Å². The molecular weight excluding hydrogens is 302 g/mol. The van der Waals surface area contributed by atoms with E-state index in [0.717, 1.165) is 11.1 Å². The predicted molar refractivity (Wildman–Crippen MR) is 85.5 cm³/mol. The zero-order valence-corrected chi connectivity index (χ0v) is 13.1. The van der Waals surface area contributed by atoms with Crippen LogP contribution in [0.1, 0.15) is 18.2 Å². The lowest BCUT2D eigenvalue weighted by Crippen LogP contribution is -2.39. The zero-order chi connectivity index (χ0) is 16.7. The summed E-state index contributed by atoms with van der Waals surface area (Å²) in [6.45, 7) is 4.26. The number of oxazole rings is 1. The Kier molecular flexibility index (Phi) is 6.08. The van der Waals surface area contributed by atoms with Crippen molar-refractivity contribution in [2.45, 2.75) is 26.8 Å². The number of hydrogen-bond donors (Lipinski definition) is 2. The first-order chi connectivity index (χ1) is 11.1. The van der Waals surface area contributed by atoms with Crippen LogP contribution in [0.15, 0.2) is 39.9 Å². The molecule has 0 saturated heterocycles. The first-order valence-electron chi connectivity index (χ1n) is 7.40. The molecule has 7 heteroatoms. The number of guanidine groups is 1. The second kappa shape index (κ2) is 8.26. The molecule has 2 N–H and O–H groups in total. The van der Waals surface area contributed by atoms with Gasteiger partial charge in [0.2, 0.25) is 5.89 Å². The number of benzene rings is 1. The third-order valence-corrected chi connectivity index (χ3v) is 3.02. The Bertz CT molecular complexity index is 638. The van der Waals surface area contributed by atoms with Gasteiger partial charge in [-0.1, -0.05) is 17.7 Å². The van der Waals surface area contributed by atoms with Crippen molar-refractivity contribution in [2.24, 2.45) is 4.99 Å². The van der Waals surface area contributed by atoms with Crippen LogP contribution < -0.4 is 10.6 Å². The van der Waals surface area contributed by atoms with Crippen LogP contribution in [-0.4, -0.2) is 30.5 Å². The van der Waals surface area contributed by atoms with Crippen LogP contribution in [0.3, 0.4) is 0 Å². The third kappa shape index (κ3) is 5.36. The zero-order valence-electron chi connectivity index (χ0n) is 13.1. The van der Waals surface area contributed by atoms with Crippen molar-refractivity contribution in [3.05, 3.63) is 41.8 Å². The van der Waals surface area contributed by atoms with Crippen LogP contribution in [0.4, 0.5) is 8.78 Å². The highest BCUT2D eigenvalue weighted by molar-refractivity contribution is 5.79. The second-order valence-corrected chi connectivity index (χ2v) is 4.98. The second-order valence-electron chi connectivity index (χ2n) is 4.98. The summed E-state index contributed by atoms with van der Waals surface area (Å²) < 4.78 is 29.9. The van der Waals surface area contributed by atoms with E-state index < -0.39 is 13.0 Å². The molecule has 0 spiro atoms. The van der Waals surface area contributed by atoms with Crippen LogP contribution in [0, 0.1) is 6.92 Å². The molecule has 0 amide bonds. The maximum Gasteiger partial charge on any atom is 0.255 e.